The molecule has 1 aromatic heterocycles. The number of methoxy groups -OCH3 is 4. The number of anilines is 2. The Balaban J connectivity index is 1.60. The minimum atomic E-state index is -0.474. The van der Waals surface area contributed by atoms with Crippen molar-refractivity contribution in [2.45, 2.75) is 13.1 Å². The summed E-state index contributed by atoms with van der Waals surface area (Å²) < 4.78 is 22.5. The SMILES string of the molecule is COc1ccc(CNc2nc(NCc3ccc(OC)c(OC)c3)n(C(=O)c3ccc(Cl)cc3Cl)n2)cc1OC. The minimum absolute atomic E-state index is 0.202. The molecule has 0 unspecified atom stereocenters. The zero-order valence-corrected chi connectivity index (χ0v) is 23.3. The quantitative estimate of drug-likeness (QED) is 0.240. The molecule has 0 saturated heterocycles. The molecule has 12 heteroatoms. The molecule has 3 aromatic carbocycles. The Morgan fingerprint density at radius 3 is 1.87 bits per heavy atom. The number of nitrogens with one attached hydrogen (secondary N) is 2. The lowest BCUT2D eigenvalue weighted by molar-refractivity contribution is 0.0947. The van der Waals surface area contributed by atoms with E-state index in [1.54, 1.807) is 46.6 Å². The van der Waals surface area contributed by atoms with Crippen LogP contribution in [-0.2, 0) is 13.1 Å². The van der Waals surface area contributed by atoms with Gasteiger partial charge in [-0.05, 0) is 53.6 Å². The van der Waals surface area contributed by atoms with Gasteiger partial charge in [0.25, 0.3) is 5.91 Å². The van der Waals surface area contributed by atoms with E-state index in [2.05, 4.69) is 20.7 Å². The van der Waals surface area contributed by atoms with Crippen LogP contribution in [0.15, 0.2) is 54.6 Å². The maximum absolute atomic E-state index is 13.4. The number of aromatic nitrogens is 3. The van der Waals surface area contributed by atoms with Gasteiger partial charge in [0.1, 0.15) is 0 Å². The Bertz CT molecular complexity index is 1480. The predicted octanol–water partition coefficient (Wildman–Crippen LogP) is 5.53. The first kappa shape index (κ1) is 27.9. The van der Waals surface area contributed by atoms with Crippen LogP contribution in [0.4, 0.5) is 11.9 Å². The van der Waals surface area contributed by atoms with Gasteiger partial charge in [0.15, 0.2) is 23.0 Å². The number of rotatable bonds is 11. The molecule has 0 fully saturated rings. The summed E-state index contributed by atoms with van der Waals surface area (Å²) in [6.45, 7) is 0.700. The van der Waals surface area contributed by atoms with Crippen molar-refractivity contribution >= 4 is 41.0 Å². The van der Waals surface area contributed by atoms with Crippen molar-refractivity contribution in [3.05, 3.63) is 81.3 Å². The second-order valence-corrected chi connectivity index (χ2v) is 9.03. The average Bonchev–Trinajstić information content (AvgIpc) is 3.37. The van der Waals surface area contributed by atoms with Crippen LogP contribution in [0.5, 0.6) is 23.0 Å². The van der Waals surface area contributed by atoms with E-state index >= 15 is 0 Å². The first-order valence-corrected chi connectivity index (χ1v) is 12.5. The topological polar surface area (TPSA) is 109 Å². The number of hydrogen-bond acceptors (Lipinski definition) is 9. The summed E-state index contributed by atoms with van der Waals surface area (Å²) >= 11 is 12.3. The fourth-order valence-electron chi connectivity index (χ4n) is 3.76. The maximum atomic E-state index is 13.4. The standard InChI is InChI=1S/C27H27Cl2N5O5/c1-36-21-9-5-16(11-23(21)38-3)14-30-26-32-27(31-15-17-6-10-22(37-2)24(12-17)39-4)34(33-26)25(35)19-8-7-18(28)13-20(19)29/h5-13H,14-15H2,1-4H3,(H2,30,31,32,33). The molecular weight excluding hydrogens is 545 g/mol. The molecule has 0 atom stereocenters. The summed E-state index contributed by atoms with van der Waals surface area (Å²) in [7, 11) is 6.29. The molecule has 4 rings (SSSR count). The van der Waals surface area contributed by atoms with Gasteiger partial charge in [-0.3, -0.25) is 4.79 Å². The minimum Gasteiger partial charge on any atom is -0.493 e. The zero-order valence-electron chi connectivity index (χ0n) is 21.7. The normalized spacial score (nSPS) is 10.6. The first-order chi connectivity index (χ1) is 18.9. The van der Waals surface area contributed by atoms with Crippen molar-refractivity contribution in [3.8, 4) is 23.0 Å². The van der Waals surface area contributed by atoms with Gasteiger partial charge in [0.2, 0.25) is 11.9 Å². The van der Waals surface area contributed by atoms with E-state index in [4.69, 9.17) is 42.1 Å². The molecule has 0 aliphatic rings. The Labute approximate surface area is 235 Å². The Kier molecular flexibility index (Phi) is 9.00. The zero-order chi connectivity index (χ0) is 27.9. The Morgan fingerprint density at radius 1 is 0.769 bits per heavy atom. The number of ether oxygens (including phenoxy) is 4. The number of hydrogen-bond donors (Lipinski definition) is 2. The van der Waals surface area contributed by atoms with Crippen LogP contribution < -0.4 is 29.6 Å². The fraction of sp³-hybridized carbons (Fsp3) is 0.222. The van der Waals surface area contributed by atoms with E-state index in [-0.39, 0.29) is 22.5 Å². The number of nitrogens with zero attached hydrogens (tertiary/aromatic N) is 3. The molecule has 10 nitrogen and oxygen atoms in total. The highest BCUT2D eigenvalue weighted by molar-refractivity contribution is 6.36. The predicted molar refractivity (Wildman–Crippen MR) is 150 cm³/mol. The lowest BCUT2D eigenvalue weighted by atomic mass is 10.2. The Morgan fingerprint density at radius 2 is 1.33 bits per heavy atom. The van der Waals surface area contributed by atoms with Crippen molar-refractivity contribution < 1.29 is 23.7 Å². The van der Waals surface area contributed by atoms with Gasteiger partial charge in [-0.2, -0.15) is 9.67 Å². The highest BCUT2D eigenvalue weighted by Crippen LogP contribution is 2.29. The van der Waals surface area contributed by atoms with Crippen molar-refractivity contribution in [2.24, 2.45) is 0 Å². The number of carbonyl (C=O) groups excluding carboxylic acids is 1. The first-order valence-electron chi connectivity index (χ1n) is 11.7. The summed E-state index contributed by atoms with van der Waals surface area (Å²) in [5.74, 6) is 2.39. The Hall–Kier alpha value is -4.15. The van der Waals surface area contributed by atoms with Gasteiger partial charge in [-0.15, -0.1) is 5.10 Å². The molecule has 0 saturated carbocycles. The van der Waals surface area contributed by atoms with Gasteiger partial charge in [0, 0.05) is 18.1 Å². The molecule has 2 N–H and O–H groups in total. The van der Waals surface area contributed by atoms with E-state index < -0.39 is 5.91 Å². The summed E-state index contributed by atoms with van der Waals surface area (Å²) in [4.78, 5) is 17.9. The van der Waals surface area contributed by atoms with E-state index in [1.165, 1.54) is 6.07 Å². The summed E-state index contributed by atoms with van der Waals surface area (Å²) in [5, 5.41) is 11.4. The average molecular weight is 572 g/mol. The van der Waals surface area contributed by atoms with E-state index in [1.807, 2.05) is 30.3 Å². The molecule has 0 spiro atoms. The van der Waals surface area contributed by atoms with Gasteiger partial charge >= 0.3 is 0 Å². The van der Waals surface area contributed by atoms with E-state index in [0.717, 1.165) is 15.8 Å². The molecule has 204 valence electrons. The van der Waals surface area contributed by atoms with Gasteiger partial charge in [0.05, 0.1) is 39.0 Å². The van der Waals surface area contributed by atoms with Crippen molar-refractivity contribution in [2.75, 3.05) is 39.1 Å². The van der Waals surface area contributed by atoms with E-state index in [0.29, 0.717) is 41.1 Å². The van der Waals surface area contributed by atoms with Crippen molar-refractivity contribution in [1.29, 1.82) is 0 Å². The maximum Gasteiger partial charge on any atom is 0.282 e. The summed E-state index contributed by atoms with van der Waals surface area (Å²) in [6.07, 6.45) is 0. The highest BCUT2D eigenvalue weighted by Gasteiger charge is 2.21. The molecule has 39 heavy (non-hydrogen) atoms. The second-order valence-electron chi connectivity index (χ2n) is 8.19. The molecule has 1 heterocycles. The van der Waals surface area contributed by atoms with Gasteiger partial charge in [-0.25, -0.2) is 0 Å². The van der Waals surface area contributed by atoms with Crippen molar-refractivity contribution in [1.82, 2.24) is 14.8 Å². The summed E-state index contributed by atoms with van der Waals surface area (Å²) in [6, 6.07) is 15.7. The third-order valence-corrected chi connectivity index (χ3v) is 6.31. The lowest BCUT2D eigenvalue weighted by Gasteiger charge is -2.11. The van der Waals surface area contributed by atoms with E-state index in [9.17, 15) is 4.79 Å². The number of halogens is 2. The van der Waals surface area contributed by atoms with Crippen LogP contribution in [0.2, 0.25) is 10.0 Å². The monoisotopic (exact) mass is 571 g/mol. The smallest absolute Gasteiger partial charge is 0.282 e. The van der Waals surface area contributed by atoms with Crippen LogP contribution in [-0.4, -0.2) is 49.1 Å². The van der Waals surface area contributed by atoms with Crippen LogP contribution in [0.3, 0.4) is 0 Å². The number of carbonyl (C=O) groups is 1. The van der Waals surface area contributed by atoms with Crippen molar-refractivity contribution in [3.63, 3.8) is 0 Å². The molecule has 0 radical (unpaired) electrons. The highest BCUT2D eigenvalue weighted by atomic mass is 35.5. The molecular formula is C27H27Cl2N5O5. The second kappa shape index (κ2) is 12.6. The molecule has 0 amide bonds. The molecule has 0 bridgehead atoms. The third-order valence-electron chi connectivity index (χ3n) is 5.76. The lowest BCUT2D eigenvalue weighted by Crippen LogP contribution is -2.18. The van der Waals surface area contributed by atoms with Crippen LogP contribution in [0.25, 0.3) is 0 Å². The third kappa shape index (κ3) is 6.47. The fourth-order valence-corrected chi connectivity index (χ4v) is 4.25. The van der Waals surface area contributed by atoms with Crippen LogP contribution in [0.1, 0.15) is 21.5 Å². The molecule has 0 aliphatic carbocycles. The largest absolute Gasteiger partial charge is 0.493 e. The molecule has 0 aliphatic heterocycles. The van der Waals surface area contributed by atoms with Crippen LogP contribution >= 0.6 is 23.2 Å². The summed E-state index contributed by atoms with van der Waals surface area (Å²) in [5.41, 5.74) is 2.00. The molecule has 4 aromatic rings. The number of benzene rings is 3. The van der Waals surface area contributed by atoms with Crippen LogP contribution in [0, 0.1) is 0 Å². The van der Waals surface area contributed by atoms with Gasteiger partial charge < -0.3 is 29.6 Å². The van der Waals surface area contributed by atoms with Gasteiger partial charge in [-0.1, -0.05) is 35.3 Å².